The van der Waals surface area contributed by atoms with E-state index in [1.54, 1.807) is 24.3 Å². The van der Waals surface area contributed by atoms with Gasteiger partial charge in [0.15, 0.2) is 5.79 Å². The summed E-state index contributed by atoms with van der Waals surface area (Å²) in [5.74, 6) is -2.66. The van der Waals surface area contributed by atoms with Gasteiger partial charge in [0.1, 0.15) is 30.0 Å². The van der Waals surface area contributed by atoms with Crippen LogP contribution in [-0.2, 0) is 24.8 Å². The maximum Gasteiger partial charge on any atom is 0.417 e. The van der Waals surface area contributed by atoms with Gasteiger partial charge in [-0.2, -0.15) is 0 Å². The maximum atomic E-state index is 15.0. The molecule has 0 spiro atoms. The fraction of sp³-hybridized carbons (Fsp3) is 0.366. The molecule has 2 heterocycles. The van der Waals surface area contributed by atoms with Crippen molar-refractivity contribution >= 4 is 26.0 Å². The second-order valence-electron chi connectivity index (χ2n) is 14.9. The Kier molecular flexibility index (Phi) is 10.9. The molecule has 2 aliphatic rings. The van der Waals surface area contributed by atoms with Crippen LogP contribution >= 0.6 is 0 Å². The van der Waals surface area contributed by atoms with Crippen LogP contribution in [-0.4, -0.2) is 45.0 Å². The quantitative estimate of drug-likeness (QED) is 0.146. The van der Waals surface area contributed by atoms with Crippen LogP contribution in [0.5, 0.6) is 5.75 Å². The third-order valence-corrected chi connectivity index (χ3v) is 14.8. The first kappa shape index (κ1) is 37.2. The van der Waals surface area contributed by atoms with E-state index in [4.69, 9.17) is 18.6 Å². The van der Waals surface area contributed by atoms with Gasteiger partial charge in [-0.1, -0.05) is 75.4 Å². The molecule has 274 valence electrons. The van der Waals surface area contributed by atoms with E-state index in [2.05, 4.69) is 39.2 Å². The predicted octanol–water partition coefficient (Wildman–Crippen LogP) is 9.52. The van der Waals surface area contributed by atoms with Crippen molar-refractivity contribution in [3.63, 3.8) is 0 Å². The molecule has 0 aliphatic carbocycles. The zero-order valence-corrected chi connectivity index (χ0v) is 31.2. The molecule has 8 nitrogen and oxygen atoms in total. The van der Waals surface area contributed by atoms with Crippen LogP contribution in [0.2, 0.25) is 18.1 Å². The molecule has 2 fully saturated rings. The predicted molar refractivity (Wildman–Crippen MR) is 197 cm³/mol. The van der Waals surface area contributed by atoms with Crippen LogP contribution in [0.1, 0.15) is 62.4 Å². The molecule has 3 atom stereocenters. The van der Waals surface area contributed by atoms with Gasteiger partial charge in [0.05, 0.1) is 25.2 Å². The van der Waals surface area contributed by atoms with Gasteiger partial charge in [-0.15, -0.1) is 0 Å². The van der Waals surface area contributed by atoms with Crippen molar-refractivity contribution < 1.29 is 37.0 Å². The van der Waals surface area contributed by atoms with Crippen molar-refractivity contribution in [3.8, 4) is 5.75 Å². The lowest BCUT2D eigenvalue weighted by Crippen LogP contribution is -2.44. The first-order chi connectivity index (χ1) is 24.8. The zero-order valence-electron chi connectivity index (χ0n) is 30.2. The smallest absolute Gasteiger partial charge is 0.417 e. The molecular formula is C41H46F2N2O6Si. The molecule has 0 aromatic heterocycles. The molecule has 52 heavy (non-hydrogen) atoms. The molecule has 4 aromatic rings. The molecule has 2 aliphatic heterocycles. The maximum absolute atomic E-state index is 15.0. The number of carbonyl (C=O) groups excluding carboxylic acids is 2. The molecule has 0 unspecified atom stereocenters. The van der Waals surface area contributed by atoms with Crippen LogP contribution < -0.4 is 9.74 Å². The van der Waals surface area contributed by atoms with E-state index in [0.29, 0.717) is 30.2 Å². The summed E-state index contributed by atoms with van der Waals surface area (Å²) in [7, 11) is -2.15. The first-order valence-corrected chi connectivity index (χ1v) is 20.6. The van der Waals surface area contributed by atoms with Gasteiger partial charge < -0.3 is 24.0 Å². The minimum Gasteiger partial charge on any atom is -0.544 e. The molecule has 6 rings (SSSR count). The van der Waals surface area contributed by atoms with Gasteiger partial charge >= 0.3 is 6.09 Å². The number of benzene rings is 4. The van der Waals surface area contributed by atoms with Gasteiger partial charge in [0.2, 0.25) is 14.2 Å². The Morgan fingerprint density at radius 3 is 2.10 bits per heavy atom. The highest BCUT2D eigenvalue weighted by atomic mass is 28.4. The number of hydrogen-bond acceptors (Lipinski definition) is 7. The number of halogens is 2. The van der Waals surface area contributed by atoms with Crippen molar-refractivity contribution in [1.82, 2.24) is 4.90 Å². The highest BCUT2D eigenvalue weighted by Crippen LogP contribution is 2.43. The van der Waals surface area contributed by atoms with Gasteiger partial charge in [0, 0.05) is 17.7 Å². The van der Waals surface area contributed by atoms with Crippen molar-refractivity contribution in [2.45, 2.75) is 69.6 Å². The van der Waals surface area contributed by atoms with Crippen LogP contribution in [0, 0.1) is 17.6 Å². The van der Waals surface area contributed by atoms with Gasteiger partial charge in [-0.25, -0.2) is 18.5 Å². The molecule has 11 heteroatoms. The van der Waals surface area contributed by atoms with E-state index >= 15 is 4.79 Å². The lowest BCUT2D eigenvalue weighted by Gasteiger charge is -2.37. The molecule has 2 saturated heterocycles. The van der Waals surface area contributed by atoms with Crippen molar-refractivity contribution in [3.05, 3.63) is 131 Å². The Hall–Kier alpha value is -4.58. The Balaban J connectivity index is 1.42. The monoisotopic (exact) mass is 728 g/mol. The molecule has 0 radical (unpaired) electrons. The van der Waals surface area contributed by atoms with Gasteiger partial charge in [-0.3, -0.25) is 4.79 Å². The zero-order chi connectivity index (χ0) is 37.1. The minimum absolute atomic E-state index is 0.0135. The molecule has 1 N–H and O–H groups in total. The van der Waals surface area contributed by atoms with Gasteiger partial charge in [-0.05, 0) is 84.2 Å². The molecule has 0 bridgehead atoms. The standard InChI is InChI=1S/C41H46F2N2O6Si/c1-40(2,3)52(4,5)51-34-21-11-29(12-22-34)37(44-33-19-17-32(43)18-20-33)35(23-24-41(49-25-26-50-41)30-13-15-31(42)16-14-30)38(46)45-36(27-48-39(45)47)28-9-7-6-8-10-28/h6-22,35-37,44H,23-27H2,1-5H3/t35-,36-,37+/m1/s1. The number of cyclic esters (lactones) is 1. The average Bonchev–Trinajstić information content (AvgIpc) is 3.76. The lowest BCUT2D eigenvalue weighted by atomic mass is 9.84. The van der Waals surface area contributed by atoms with E-state index in [1.165, 1.54) is 29.2 Å². The molecule has 4 aromatic carbocycles. The average molecular weight is 729 g/mol. The summed E-state index contributed by atoms with van der Waals surface area (Å²) in [4.78, 5) is 29.6. The number of imide groups is 1. The third kappa shape index (κ3) is 8.06. The number of ether oxygens (including phenoxy) is 3. The van der Waals surface area contributed by atoms with E-state index in [1.807, 2.05) is 54.6 Å². The molecule has 0 saturated carbocycles. The number of amides is 2. The summed E-state index contributed by atoms with van der Waals surface area (Å²) in [6, 6.07) is 27.4. The van der Waals surface area contributed by atoms with E-state index < -0.39 is 55.7 Å². The fourth-order valence-corrected chi connectivity index (χ4v) is 7.52. The second-order valence-corrected chi connectivity index (χ2v) is 19.6. The Labute approximate surface area is 305 Å². The van der Waals surface area contributed by atoms with Crippen molar-refractivity contribution in [2.24, 2.45) is 5.92 Å². The lowest BCUT2D eigenvalue weighted by molar-refractivity contribution is -0.174. The number of carbonyl (C=O) groups is 2. The van der Waals surface area contributed by atoms with Crippen molar-refractivity contribution in [1.29, 1.82) is 0 Å². The summed E-state index contributed by atoms with van der Waals surface area (Å²) in [5, 5.41) is 3.48. The van der Waals surface area contributed by atoms with Crippen molar-refractivity contribution in [2.75, 3.05) is 25.1 Å². The molecule has 2 amide bonds. The summed E-state index contributed by atoms with van der Waals surface area (Å²) < 4.78 is 52.5. The highest BCUT2D eigenvalue weighted by Gasteiger charge is 2.47. The third-order valence-electron chi connectivity index (χ3n) is 10.4. The normalized spacial score (nSPS) is 18.5. The minimum atomic E-state index is -2.15. The van der Waals surface area contributed by atoms with Crippen LogP contribution in [0.25, 0.3) is 0 Å². The van der Waals surface area contributed by atoms with E-state index in [9.17, 15) is 13.6 Å². The topological polar surface area (TPSA) is 86.3 Å². The number of anilines is 1. The SMILES string of the molecule is CC(C)(C)[Si](C)(C)Oc1ccc([C@H](Nc2ccc(F)cc2)[C@@H](CCC2(c3ccc(F)cc3)OCCO2)C(=O)N2C(=O)OC[C@@H]2c2ccccc2)cc1. The summed E-state index contributed by atoms with van der Waals surface area (Å²) in [6.45, 7) is 11.5. The Morgan fingerprint density at radius 2 is 1.50 bits per heavy atom. The fourth-order valence-electron chi connectivity index (χ4n) is 6.49. The summed E-state index contributed by atoms with van der Waals surface area (Å²) >= 11 is 0. The van der Waals surface area contributed by atoms with Crippen LogP contribution in [0.3, 0.4) is 0 Å². The van der Waals surface area contributed by atoms with Crippen LogP contribution in [0.15, 0.2) is 103 Å². The second kappa shape index (κ2) is 15.2. The summed E-state index contributed by atoms with van der Waals surface area (Å²) in [6.07, 6.45) is -0.339. The van der Waals surface area contributed by atoms with E-state index in [0.717, 1.165) is 11.1 Å². The number of rotatable bonds is 12. The highest BCUT2D eigenvalue weighted by molar-refractivity contribution is 6.74. The Bertz CT molecular complexity index is 1830. The number of nitrogens with zero attached hydrogens (tertiary/aromatic N) is 1. The van der Waals surface area contributed by atoms with E-state index in [-0.39, 0.29) is 24.5 Å². The van der Waals surface area contributed by atoms with Crippen LogP contribution in [0.4, 0.5) is 19.3 Å². The number of hydrogen-bond donors (Lipinski definition) is 1. The van der Waals surface area contributed by atoms with Gasteiger partial charge in [0.25, 0.3) is 0 Å². The Morgan fingerprint density at radius 1 is 0.904 bits per heavy atom. The largest absolute Gasteiger partial charge is 0.544 e. The summed E-state index contributed by atoms with van der Waals surface area (Å²) in [5.41, 5.74) is 2.71. The first-order valence-electron chi connectivity index (χ1n) is 17.7. The number of nitrogens with one attached hydrogen (secondary N) is 1. The molecular weight excluding hydrogens is 683 g/mol.